The highest BCUT2D eigenvalue weighted by Crippen LogP contribution is 2.21. The van der Waals surface area contributed by atoms with E-state index in [9.17, 15) is 9.18 Å². The number of aromatic nitrogens is 2. The zero-order chi connectivity index (χ0) is 17.8. The molecule has 0 radical (unpaired) electrons. The molecular formula is C19H17ClFN3O. The first-order chi connectivity index (χ1) is 12.0. The fourth-order valence-corrected chi connectivity index (χ4v) is 2.87. The summed E-state index contributed by atoms with van der Waals surface area (Å²) in [5.74, 6) is -0.609. The Morgan fingerprint density at radius 2 is 1.80 bits per heavy atom. The maximum Gasteiger partial charge on any atom is 0.256 e. The van der Waals surface area contributed by atoms with Gasteiger partial charge in [0, 0.05) is 6.54 Å². The molecule has 4 nitrogen and oxygen atoms in total. The number of aryl methyl sites for hydroxylation is 1. The highest BCUT2D eigenvalue weighted by molar-refractivity contribution is 6.33. The first kappa shape index (κ1) is 17.2. The maximum atomic E-state index is 12.9. The minimum Gasteiger partial charge on any atom is -0.348 e. The number of rotatable bonds is 5. The van der Waals surface area contributed by atoms with Gasteiger partial charge in [-0.05, 0) is 30.2 Å². The SMILES string of the molecule is Cc1nn(Cc2ccccc2)c(Cl)c1C(=O)NCc1ccc(F)cc1. The van der Waals surface area contributed by atoms with Crippen LogP contribution >= 0.6 is 11.6 Å². The van der Waals surface area contributed by atoms with Crippen LogP contribution in [0.2, 0.25) is 5.15 Å². The molecule has 0 saturated carbocycles. The third kappa shape index (κ3) is 4.06. The molecule has 0 aliphatic rings. The van der Waals surface area contributed by atoms with Crippen LogP contribution in [0.3, 0.4) is 0 Å². The smallest absolute Gasteiger partial charge is 0.256 e. The molecule has 0 unspecified atom stereocenters. The number of hydrogen-bond acceptors (Lipinski definition) is 2. The molecule has 1 amide bonds. The Labute approximate surface area is 150 Å². The second-order valence-corrected chi connectivity index (χ2v) is 6.06. The maximum absolute atomic E-state index is 12.9. The summed E-state index contributed by atoms with van der Waals surface area (Å²) in [6.07, 6.45) is 0. The molecular weight excluding hydrogens is 341 g/mol. The minimum absolute atomic E-state index is 0.290. The Balaban J connectivity index is 1.73. The van der Waals surface area contributed by atoms with Crippen LogP contribution in [0.25, 0.3) is 0 Å². The summed E-state index contributed by atoms with van der Waals surface area (Å²) >= 11 is 6.37. The molecule has 0 aliphatic heterocycles. The number of carbonyl (C=O) groups excluding carboxylic acids is 1. The van der Waals surface area contributed by atoms with Crippen molar-refractivity contribution in [2.75, 3.05) is 0 Å². The largest absolute Gasteiger partial charge is 0.348 e. The summed E-state index contributed by atoms with van der Waals surface area (Å²) in [7, 11) is 0. The third-order valence-corrected chi connectivity index (χ3v) is 4.22. The van der Waals surface area contributed by atoms with Crippen LogP contribution in [0.4, 0.5) is 4.39 Å². The van der Waals surface area contributed by atoms with Gasteiger partial charge in [0.15, 0.2) is 0 Å². The van der Waals surface area contributed by atoms with E-state index in [1.807, 2.05) is 30.3 Å². The molecule has 0 spiro atoms. The molecule has 0 saturated heterocycles. The van der Waals surface area contributed by atoms with Gasteiger partial charge in [0.05, 0.1) is 17.8 Å². The Hall–Kier alpha value is -2.66. The zero-order valence-electron chi connectivity index (χ0n) is 13.7. The molecule has 0 bridgehead atoms. The second-order valence-electron chi connectivity index (χ2n) is 5.70. The molecule has 25 heavy (non-hydrogen) atoms. The van der Waals surface area contributed by atoms with Crippen LogP contribution in [0, 0.1) is 12.7 Å². The van der Waals surface area contributed by atoms with Gasteiger partial charge in [0.1, 0.15) is 11.0 Å². The molecule has 0 aliphatic carbocycles. The van der Waals surface area contributed by atoms with Crippen molar-refractivity contribution in [2.45, 2.75) is 20.0 Å². The Morgan fingerprint density at radius 1 is 1.12 bits per heavy atom. The summed E-state index contributed by atoms with van der Waals surface area (Å²) in [4.78, 5) is 12.5. The van der Waals surface area contributed by atoms with Crippen molar-refractivity contribution in [3.05, 3.63) is 88.0 Å². The van der Waals surface area contributed by atoms with Gasteiger partial charge in [-0.3, -0.25) is 4.79 Å². The van der Waals surface area contributed by atoms with Crippen molar-refractivity contribution in [2.24, 2.45) is 0 Å². The van der Waals surface area contributed by atoms with Crippen LogP contribution < -0.4 is 5.32 Å². The van der Waals surface area contributed by atoms with Gasteiger partial charge in [0.25, 0.3) is 5.91 Å². The van der Waals surface area contributed by atoms with E-state index in [0.29, 0.717) is 29.5 Å². The van der Waals surface area contributed by atoms with Gasteiger partial charge < -0.3 is 5.32 Å². The lowest BCUT2D eigenvalue weighted by Gasteiger charge is -2.06. The molecule has 1 heterocycles. The number of carbonyl (C=O) groups is 1. The minimum atomic E-state index is -0.309. The van der Waals surface area contributed by atoms with Crippen molar-refractivity contribution < 1.29 is 9.18 Å². The number of halogens is 2. The van der Waals surface area contributed by atoms with Gasteiger partial charge >= 0.3 is 0 Å². The van der Waals surface area contributed by atoms with Crippen molar-refractivity contribution in [3.8, 4) is 0 Å². The van der Waals surface area contributed by atoms with E-state index in [-0.39, 0.29) is 11.7 Å². The van der Waals surface area contributed by atoms with Crippen LogP contribution in [-0.4, -0.2) is 15.7 Å². The summed E-state index contributed by atoms with van der Waals surface area (Å²) in [6, 6.07) is 15.7. The van der Waals surface area contributed by atoms with E-state index in [4.69, 9.17) is 11.6 Å². The molecule has 128 valence electrons. The summed E-state index contributed by atoms with van der Waals surface area (Å²) in [6.45, 7) is 2.53. The van der Waals surface area contributed by atoms with Gasteiger partial charge in [-0.2, -0.15) is 5.10 Å². The second kappa shape index (κ2) is 7.49. The fourth-order valence-electron chi connectivity index (χ4n) is 2.55. The molecule has 0 atom stereocenters. The van der Waals surface area contributed by atoms with Gasteiger partial charge in [-0.15, -0.1) is 0 Å². The summed E-state index contributed by atoms with van der Waals surface area (Å²) < 4.78 is 14.5. The Morgan fingerprint density at radius 3 is 2.48 bits per heavy atom. The number of amides is 1. The van der Waals surface area contributed by atoms with Crippen molar-refractivity contribution in [1.82, 2.24) is 15.1 Å². The predicted molar refractivity (Wildman–Crippen MR) is 95.1 cm³/mol. The Kier molecular flexibility index (Phi) is 5.14. The zero-order valence-corrected chi connectivity index (χ0v) is 14.4. The lowest BCUT2D eigenvalue weighted by atomic mass is 10.2. The first-order valence-corrected chi connectivity index (χ1v) is 8.22. The van der Waals surface area contributed by atoms with E-state index in [1.165, 1.54) is 12.1 Å². The Bertz CT molecular complexity index is 876. The monoisotopic (exact) mass is 357 g/mol. The molecule has 3 aromatic rings. The van der Waals surface area contributed by atoms with E-state index in [0.717, 1.165) is 11.1 Å². The van der Waals surface area contributed by atoms with E-state index >= 15 is 0 Å². The molecule has 2 aromatic carbocycles. The van der Waals surface area contributed by atoms with Crippen molar-refractivity contribution in [1.29, 1.82) is 0 Å². The van der Waals surface area contributed by atoms with Crippen LogP contribution in [-0.2, 0) is 13.1 Å². The predicted octanol–water partition coefficient (Wildman–Crippen LogP) is 3.96. The third-order valence-electron chi connectivity index (χ3n) is 3.83. The molecule has 0 fully saturated rings. The summed E-state index contributed by atoms with van der Waals surface area (Å²) in [5, 5.41) is 7.47. The lowest BCUT2D eigenvalue weighted by molar-refractivity contribution is 0.0950. The van der Waals surface area contributed by atoms with E-state index in [2.05, 4.69) is 10.4 Å². The number of hydrogen-bond donors (Lipinski definition) is 1. The number of benzene rings is 2. The van der Waals surface area contributed by atoms with E-state index < -0.39 is 0 Å². The van der Waals surface area contributed by atoms with Crippen LogP contribution in [0.1, 0.15) is 27.2 Å². The van der Waals surface area contributed by atoms with Gasteiger partial charge in [0.2, 0.25) is 0 Å². The quantitative estimate of drug-likeness (QED) is 0.751. The molecule has 6 heteroatoms. The fraction of sp³-hybridized carbons (Fsp3) is 0.158. The van der Waals surface area contributed by atoms with Crippen molar-refractivity contribution >= 4 is 17.5 Å². The normalized spacial score (nSPS) is 10.7. The van der Waals surface area contributed by atoms with Gasteiger partial charge in [-0.25, -0.2) is 9.07 Å². The average molecular weight is 358 g/mol. The highest BCUT2D eigenvalue weighted by atomic mass is 35.5. The first-order valence-electron chi connectivity index (χ1n) is 7.84. The summed E-state index contributed by atoms with van der Waals surface area (Å²) in [5.41, 5.74) is 2.78. The van der Waals surface area contributed by atoms with E-state index in [1.54, 1.807) is 23.7 Å². The molecule has 1 N–H and O–H groups in total. The topological polar surface area (TPSA) is 46.9 Å². The average Bonchev–Trinajstić information content (AvgIpc) is 2.89. The molecule has 3 rings (SSSR count). The van der Waals surface area contributed by atoms with Crippen LogP contribution in [0.5, 0.6) is 0 Å². The number of nitrogens with one attached hydrogen (secondary N) is 1. The van der Waals surface area contributed by atoms with Gasteiger partial charge in [-0.1, -0.05) is 54.1 Å². The standard InChI is InChI=1S/C19H17ClFN3O/c1-13-17(19(25)22-11-14-7-9-16(21)10-8-14)18(20)24(23-13)12-15-5-3-2-4-6-15/h2-10H,11-12H2,1H3,(H,22,25). The molecule has 1 aromatic heterocycles. The number of nitrogens with zero attached hydrogens (tertiary/aromatic N) is 2. The highest BCUT2D eigenvalue weighted by Gasteiger charge is 2.20. The lowest BCUT2D eigenvalue weighted by Crippen LogP contribution is -2.23. The van der Waals surface area contributed by atoms with Crippen molar-refractivity contribution in [3.63, 3.8) is 0 Å². The van der Waals surface area contributed by atoms with Crippen LogP contribution in [0.15, 0.2) is 54.6 Å².